The second-order valence-electron chi connectivity index (χ2n) is 3.96. The van der Waals surface area contributed by atoms with Crippen LogP contribution in [0.4, 0.5) is 0 Å². The van der Waals surface area contributed by atoms with E-state index < -0.39 is 0 Å². The van der Waals surface area contributed by atoms with Crippen molar-refractivity contribution >= 4 is 23.2 Å². The van der Waals surface area contributed by atoms with Gasteiger partial charge in [-0.25, -0.2) is 0 Å². The van der Waals surface area contributed by atoms with Crippen LogP contribution in [0.2, 0.25) is 10.0 Å². The zero-order valence-corrected chi connectivity index (χ0v) is 12.5. The van der Waals surface area contributed by atoms with Crippen molar-refractivity contribution in [3.63, 3.8) is 0 Å². The largest absolute Gasteiger partial charge is 0.355 e. The zero-order valence-electron chi connectivity index (χ0n) is 11.0. The Morgan fingerprint density at radius 1 is 1.16 bits per heavy atom. The fourth-order valence-electron chi connectivity index (χ4n) is 1.60. The highest BCUT2D eigenvalue weighted by Gasteiger charge is 2.12. The molecule has 0 amide bonds. The molecule has 1 heterocycles. The molecule has 0 saturated heterocycles. The van der Waals surface area contributed by atoms with E-state index >= 15 is 0 Å². The Morgan fingerprint density at radius 2 is 1.79 bits per heavy atom. The predicted molar refractivity (Wildman–Crippen MR) is 80.6 cm³/mol. The van der Waals surface area contributed by atoms with Crippen LogP contribution in [0, 0.1) is 11.3 Å². The minimum Gasteiger partial charge on any atom is -0.355 e. The van der Waals surface area contributed by atoms with E-state index in [1.807, 2.05) is 44.0 Å². The number of rotatable bonds is 1. The van der Waals surface area contributed by atoms with Crippen molar-refractivity contribution in [3.8, 4) is 17.2 Å². The second-order valence-corrected chi connectivity index (χ2v) is 4.75. The lowest BCUT2D eigenvalue weighted by molar-refractivity contribution is 0.927. The summed E-state index contributed by atoms with van der Waals surface area (Å²) >= 11 is 12.1. The molecular formula is C14H15Cl2N3. The molecule has 3 nitrogen and oxygen atoms in total. The maximum Gasteiger partial charge on any atom is 0.101 e. The summed E-state index contributed by atoms with van der Waals surface area (Å²) in [6, 6.07) is 7.53. The number of hydrogen-bond acceptors (Lipinski definition) is 2. The van der Waals surface area contributed by atoms with Gasteiger partial charge in [-0.05, 0) is 20.2 Å². The van der Waals surface area contributed by atoms with Crippen LogP contribution in [0.3, 0.4) is 0 Å². The highest BCUT2D eigenvalue weighted by molar-refractivity contribution is 6.43. The first-order valence-corrected chi connectivity index (χ1v) is 6.39. The molecule has 2 aromatic rings. The first-order valence-electron chi connectivity index (χ1n) is 5.64. The minimum absolute atomic E-state index is 0.479. The van der Waals surface area contributed by atoms with E-state index in [4.69, 9.17) is 28.5 Å². The van der Waals surface area contributed by atoms with Gasteiger partial charge in [0, 0.05) is 30.6 Å². The molecule has 19 heavy (non-hydrogen) atoms. The molecule has 1 aromatic heterocycles. The molecule has 0 aliphatic rings. The van der Waals surface area contributed by atoms with Crippen molar-refractivity contribution in [2.24, 2.45) is 7.05 Å². The van der Waals surface area contributed by atoms with Crippen molar-refractivity contribution in [2.45, 2.75) is 0 Å². The molecule has 0 fully saturated rings. The van der Waals surface area contributed by atoms with Crippen molar-refractivity contribution < 1.29 is 0 Å². The lowest BCUT2D eigenvalue weighted by Gasteiger charge is -2.03. The molecule has 2 rings (SSSR count). The fourth-order valence-corrected chi connectivity index (χ4v) is 2.00. The minimum atomic E-state index is 0.479. The fraction of sp³-hybridized carbons (Fsp3) is 0.214. The SMILES string of the molecule is CNC.Cn1cc(C#N)c(-c2cccc(Cl)c2Cl)c1. The Hall–Kier alpha value is -1.47. The summed E-state index contributed by atoms with van der Waals surface area (Å²) in [4.78, 5) is 0. The van der Waals surface area contributed by atoms with Crippen LogP contribution in [-0.2, 0) is 7.05 Å². The second kappa shape index (κ2) is 7.20. The van der Waals surface area contributed by atoms with E-state index in [0.717, 1.165) is 11.1 Å². The molecule has 0 atom stereocenters. The summed E-state index contributed by atoms with van der Waals surface area (Å²) in [6.45, 7) is 0. The van der Waals surface area contributed by atoms with Gasteiger partial charge in [-0.3, -0.25) is 0 Å². The molecule has 1 aromatic carbocycles. The van der Waals surface area contributed by atoms with Gasteiger partial charge in [-0.15, -0.1) is 0 Å². The molecule has 0 spiro atoms. The lowest BCUT2D eigenvalue weighted by Crippen LogP contribution is -1.89. The summed E-state index contributed by atoms with van der Waals surface area (Å²) in [7, 11) is 5.61. The molecule has 1 N–H and O–H groups in total. The molecule has 0 unspecified atom stereocenters. The molecule has 100 valence electrons. The number of benzene rings is 1. The highest BCUT2D eigenvalue weighted by Crippen LogP contribution is 2.35. The summed E-state index contributed by atoms with van der Waals surface area (Å²) in [5, 5.41) is 12.7. The van der Waals surface area contributed by atoms with Crippen LogP contribution in [-0.4, -0.2) is 18.7 Å². The number of halogens is 2. The van der Waals surface area contributed by atoms with E-state index in [-0.39, 0.29) is 0 Å². The van der Waals surface area contributed by atoms with Gasteiger partial charge in [0.15, 0.2) is 0 Å². The Morgan fingerprint density at radius 3 is 2.37 bits per heavy atom. The van der Waals surface area contributed by atoms with Crippen molar-refractivity contribution in [1.29, 1.82) is 5.26 Å². The van der Waals surface area contributed by atoms with Crippen LogP contribution < -0.4 is 5.32 Å². The normalized spacial score (nSPS) is 9.47. The van der Waals surface area contributed by atoms with Crippen molar-refractivity contribution in [3.05, 3.63) is 46.2 Å². The molecule has 0 bridgehead atoms. The summed E-state index contributed by atoms with van der Waals surface area (Å²) in [5.74, 6) is 0. The summed E-state index contributed by atoms with van der Waals surface area (Å²) in [5.41, 5.74) is 2.18. The quantitative estimate of drug-likeness (QED) is 0.871. The third kappa shape index (κ3) is 3.74. The predicted octanol–water partition coefficient (Wildman–Crippen LogP) is 3.71. The van der Waals surface area contributed by atoms with E-state index in [1.54, 1.807) is 12.3 Å². The number of nitrogens with one attached hydrogen (secondary N) is 1. The number of nitriles is 1. The molecule has 0 aliphatic carbocycles. The van der Waals surface area contributed by atoms with E-state index in [9.17, 15) is 0 Å². The monoisotopic (exact) mass is 295 g/mol. The van der Waals surface area contributed by atoms with Gasteiger partial charge in [0.25, 0.3) is 0 Å². The molecule has 0 radical (unpaired) electrons. The average molecular weight is 296 g/mol. The zero-order chi connectivity index (χ0) is 14.4. The van der Waals surface area contributed by atoms with Crippen LogP contribution in [0.5, 0.6) is 0 Å². The van der Waals surface area contributed by atoms with Crippen LogP contribution in [0.1, 0.15) is 5.56 Å². The van der Waals surface area contributed by atoms with Gasteiger partial charge in [0.2, 0.25) is 0 Å². The number of aryl methyl sites for hydroxylation is 1. The van der Waals surface area contributed by atoms with Gasteiger partial charge in [0.1, 0.15) is 6.07 Å². The molecule has 5 heteroatoms. The topological polar surface area (TPSA) is 40.8 Å². The standard InChI is InChI=1S/C12H8Cl2N2.C2H7N/c1-16-6-8(5-15)10(7-16)9-3-2-4-11(13)12(9)14;1-3-2/h2-4,6-7H,1H3;3H,1-2H3. The van der Waals surface area contributed by atoms with Gasteiger partial charge in [0.05, 0.1) is 15.6 Å². The third-order valence-corrected chi connectivity index (χ3v) is 3.14. The molecular weight excluding hydrogens is 281 g/mol. The number of nitrogens with zero attached hydrogens (tertiary/aromatic N) is 2. The van der Waals surface area contributed by atoms with Crippen LogP contribution in [0.25, 0.3) is 11.1 Å². The Balaban J connectivity index is 0.000000550. The maximum absolute atomic E-state index is 9.01. The first-order chi connectivity index (χ1) is 9.04. The lowest BCUT2D eigenvalue weighted by atomic mass is 10.1. The summed E-state index contributed by atoms with van der Waals surface area (Å²) < 4.78 is 1.82. The van der Waals surface area contributed by atoms with Gasteiger partial charge < -0.3 is 9.88 Å². The van der Waals surface area contributed by atoms with E-state index in [0.29, 0.717) is 15.6 Å². The average Bonchev–Trinajstić information content (AvgIpc) is 2.75. The van der Waals surface area contributed by atoms with E-state index in [1.165, 1.54) is 0 Å². The van der Waals surface area contributed by atoms with Gasteiger partial charge >= 0.3 is 0 Å². The maximum atomic E-state index is 9.01. The smallest absolute Gasteiger partial charge is 0.101 e. The third-order valence-electron chi connectivity index (χ3n) is 2.32. The Bertz CT molecular complexity index is 597. The van der Waals surface area contributed by atoms with Crippen LogP contribution in [0.15, 0.2) is 30.6 Å². The van der Waals surface area contributed by atoms with Crippen LogP contribution >= 0.6 is 23.2 Å². The molecule has 0 saturated carbocycles. The van der Waals surface area contributed by atoms with Gasteiger partial charge in [-0.1, -0.05) is 35.3 Å². The number of hydrogen-bond donors (Lipinski definition) is 1. The van der Waals surface area contributed by atoms with Crippen molar-refractivity contribution in [2.75, 3.05) is 14.1 Å². The summed E-state index contributed by atoms with van der Waals surface area (Å²) in [6.07, 6.45) is 3.61. The molecule has 0 aliphatic heterocycles. The Labute approximate surface area is 123 Å². The Kier molecular flexibility index (Phi) is 5.91. The highest BCUT2D eigenvalue weighted by atomic mass is 35.5. The van der Waals surface area contributed by atoms with E-state index in [2.05, 4.69) is 11.4 Å². The van der Waals surface area contributed by atoms with Crippen molar-refractivity contribution in [1.82, 2.24) is 9.88 Å². The first kappa shape index (κ1) is 15.6. The van der Waals surface area contributed by atoms with Gasteiger partial charge in [-0.2, -0.15) is 5.26 Å². The number of aromatic nitrogens is 1.